The Hall–Kier alpha value is -5.74. The first-order chi connectivity index (χ1) is 21.4. The Balaban J connectivity index is 1.30. The SMILES string of the molecule is O=C(CSc1cccc(NC(=O)/C(=C\c2ccccc2[N+](=O)[O-])NC(=O)c2ccccc2)c1)Nc1cccc2ccccc12. The van der Waals surface area contributed by atoms with Gasteiger partial charge in [-0.05, 0) is 53.9 Å². The summed E-state index contributed by atoms with van der Waals surface area (Å²) in [5, 5.41) is 21.8. The van der Waals surface area contributed by atoms with Crippen LogP contribution in [0.3, 0.4) is 0 Å². The van der Waals surface area contributed by atoms with Gasteiger partial charge < -0.3 is 16.0 Å². The summed E-state index contributed by atoms with van der Waals surface area (Å²) in [7, 11) is 0. The second kappa shape index (κ2) is 14.0. The van der Waals surface area contributed by atoms with Crippen LogP contribution in [0, 0.1) is 10.1 Å². The monoisotopic (exact) mass is 602 g/mol. The van der Waals surface area contributed by atoms with Crippen molar-refractivity contribution >= 4 is 63.4 Å². The zero-order chi connectivity index (χ0) is 30.9. The second-order valence-electron chi connectivity index (χ2n) is 9.54. The van der Waals surface area contributed by atoms with Gasteiger partial charge in [0.25, 0.3) is 17.5 Å². The number of nitro benzene ring substituents is 1. The highest BCUT2D eigenvalue weighted by Gasteiger charge is 2.18. The molecule has 0 unspecified atom stereocenters. The first kappa shape index (κ1) is 29.7. The third-order valence-corrected chi connectivity index (χ3v) is 7.48. The number of para-hydroxylation sites is 1. The van der Waals surface area contributed by atoms with Crippen molar-refractivity contribution < 1.29 is 19.3 Å². The van der Waals surface area contributed by atoms with E-state index in [4.69, 9.17) is 0 Å². The Labute approximate surface area is 257 Å². The lowest BCUT2D eigenvalue weighted by atomic mass is 10.1. The number of nitrogens with one attached hydrogen (secondary N) is 3. The van der Waals surface area contributed by atoms with Crippen LogP contribution in [0.5, 0.6) is 0 Å². The molecule has 3 N–H and O–H groups in total. The maximum atomic E-state index is 13.4. The van der Waals surface area contributed by atoms with Gasteiger partial charge in [0, 0.05) is 33.3 Å². The van der Waals surface area contributed by atoms with Gasteiger partial charge in [0.05, 0.1) is 16.2 Å². The lowest BCUT2D eigenvalue weighted by Crippen LogP contribution is -2.30. The molecule has 0 aliphatic carbocycles. The molecule has 10 heteroatoms. The van der Waals surface area contributed by atoms with Crippen molar-refractivity contribution in [3.8, 4) is 0 Å². The number of fused-ring (bicyclic) bond motifs is 1. The lowest BCUT2D eigenvalue weighted by molar-refractivity contribution is -0.385. The number of nitrogens with zero attached hydrogens (tertiary/aromatic N) is 1. The highest BCUT2D eigenvalue weighted by atomic mass is 32.2. The molecule has 9 nitrogen and oxygen atoms in total. The number of thioether (sulfide) groups is 1. The maximum Gasteiger partial charge on any atom is 0.276 e. The quantitative estimate of drug-likeness (QED) is 0.0691. The smallest absolute Gasteiger partial charge is 0.276 e. The van der Waals surface area contributed by atoms with E-state index in [2.05, 4.69) is 16.0 Å². The first-order valence-corrected chi connectivity index (χ1v) is 14.5. The number of anilines is 2. The molecule has 0 aliphatic heterocycles. The van der Waals surface area contributed by atoms with Crippen LogP contribution >= 0.6 is 11.8 Å². The summed E-state index contributed by atoms with van der Waals surface area (Å²) < 4.78 is 0. The zero-order valence-electron chi connectivity index (χ0n) is 23.2. The van der Waals surface area contributed by atoms with Crippen molar-refractivity contribution in [3.05, 3.63) is 148 Å². The predicted molar refractivity (Wildman–Crippen MR) is 173 cm³/mol. The van der Waals surface area contributed by atoms with E-state index >= 15 is 0 Å². The summed E-state index contributed by atoms with van der Waals surface area (Å²) in [6.07, 6.45) is 1.27. The number of nitro groups is 1. The first-order valence-electron chi connectivity index (χ1n) is 13.5. The van der Waals surface area contributed by atoms with E-state index in [9.17, 15) is 24.5 Å². The number of carbonyl (C=O) groups is 3. The summed E-state index contributed by atoms with van der Waals surface area (Å²) in [6.45, 7) is 0. The number of benzene rings is 5. The summed E-state index contributed by atoms with van der Waals surface area (Å²) in [5.74, 6) is -1.27. The molecular formula is C34H26N4O5S. The number of hydrogen-bond donors (Lipinski definition) is 3. The van der Waals surface area contributed by atoms with Crippen molar-refractivity contribution in [1.29, 1.82) is 0 Å². The fourth-order valence-electron chi connectivity index (χ4n) is 4.41. The van der Waals surface area contributed by atoms with Gasteiger partial charge in [0.15, 0.2) is 0 Å². The van der Waals surface area contributed by atoms with Gasteiger partial charge in [-0.2, -0.15) is 0 Å². The molecule has 5 aromatic carbocycles. The van der Waals surface area contributed by atoms with Crippen LogP contribution in [0.25, 0.3) is 16.8 Å². The molecule has 0 saturated heterocycles. The molecular weight excluding hydrogens is 576 g/mol. The molecule has 5 rings (SSSR count). The molecule has 0 aliphatic rings. The Morgan fingerprint density at radius 3 is 2.30 bits per heavy atom. The van der Waals surface area contributed by atoms with E-state index in [1.54, 1.807) is 54.6 Å². The van der Waals surface area contributed by atoms with Crippen molar-refractivity contribution in [2.75, 3.05) is 16.4 Å². The van der Waals surface area contributed by atoms with Gasteiger partial charge in [-0.15, -0.1) is 11.8 Å². The Morgan fingerprint density at radius 1 is 0.773 bits per heavy atom. The third-order valence-electron chi connectivity index (χ3n) is 6.49. The lowest BCUT2D eigenvalue weighted by Gasteiger charge is -2.12. The van der Waals surface area contributed by atoms with E-state index in [0.29, 0.717) is 11.3 Å². The van der Waals surface area contributed by atoms with Crippen molar-refractivity contribution in [2.45, 2.75) is 4.90 Å². The van der Waals surface area contributed by atoms with Crippen molar-refractivity contribution in [3.63, 3.8) is 0 Å². The van der Waals surface area contributed by atoms with Crippen LogP contribution in [-0.4, -0.2) is 28.4 Å². The number of carbonyl (C=O) groups excluding carboxylic acids is 3. The average Bonchev–Trinajstić information content (AvgIpc) is 3.04. The molecule has 3 amide bonds. The van der Waals surface area contributed by atoms with E-state index in [0.717, 1.165) is 21.4 Å². The number of rotatable bonds is 10. The molecule has 0 heterocycles. The fraction of sp³-hybridized carbons (Fsp3) is 0.0294. The molecule has 44 heavy (non-hydrogen) atoms. The normalized spacial score (nSPS) is 11.0. The molecule has 0 atom stereocenters. The van der Waals surface area contributed by atoms with Gasteiger partial charge >= 0.3 is 0 Å². The van der Waals surface area contributed by atoms with Gasteiger partial charge in [0.1, 0.15) is 5.70 Å². The number of hydrogen-bond acceptors (Lipinski definition) is 6. The van der Waals surface area contributed by atoms with Crippen molar-refractivity contribution in [1.82, 2.24) is 5.32 Å². The topological polar surface area (TPSA) is 130 Å². The third kappa shape index (κ3) is 7.55. The second-order valence-corrected chi connectivity index (χ2v) is 10.6. The van der Waals surface area contributed by atoms with E-state index in [1.165, 1.54) is 36.0 Å². The molecule has 5 aromatic rings. The zero-order valence-corrected chi connectivity index (χ0v) is 24.0. The van der Waals surface area contributed by atoms with Crippen LogP contribution < -0.4 is 16.0 Å². The molecule has 0 aromatic heterocycles. The van der Waals surface area contributed by atoms with Gasteiger partial charge in [-0.3, -0.25) is 24.5 Å². The highest BCUT2D eigenvalue weighted by molar-refractivity contribution is 8.00. The predicted octanol–water partition coefficient (Wildman–Crippen LogP) is 6.89. The minimum Gasteiger partial charge on any atom is -0.325 e. The Morgan fingerprint density at radius 2 is 1.48 bits per heavy atom. The summed E-state index contributed by atoms with van der Waals surface area (Å²) in [6, 6.07) is 34.7. The van der Waals surface area contributed by atoms with E-state index in [-0.39, 0.29) is 28.6 Å². The largest absolute Gasteiger partial charge is 0.325 e. The van der Waals surface area contributed by atoms with Crippen LogP contribution in [0.15, 0.2) is 132 Å². The van der Waals surface area contributed by atoms with E-state index < -0.39 is 16.7 Å². The average molecular weight is 603 g/mol. The standard InChI is InChI=1S/C34H26N4O5S/c39-32(36-29-18-8-14-23-10-4-6-17-28(23)29)22-44-27-16-9-15-26(21-27)35-34(41)30(37-33(40)24-11-2-1-3-12-24)20-25-13-5-7-19-31(25)38(42)43/h1-21H,22H2,(H,35,41)(H,36,39)(H,37,40)/b30-20+. The molecule has 0 radical (unpaired) electrons. The van der Waals surface area contributed by atoms with Crippen LogP contribution in [0.1, 0.15) is 15.9 Å². The summed E-state index contributed by atoms with van der Waals surface area (Å²) >= 11 is 1.30. The van der Waals surface area contributed by atoms with Crippen LogP contribution in [0.4, 0.5) is 17.1 Å². The fourth-order valence-corrected chi connectivity index (χ4v) is 5.16. The summed E-state index contributed by atoms with van der Waals surface area (Å²) in [5.41, 5.74) is 1.21. The van der Waals surface area contributed by atoms with Crippen LogP contribution in [0.2, 0.25) is 0 Å². The minimum atomic E-state index is -0.678. The van der Waals surface area contributed by atoms with Gasteiger partial charge in [0.2, 0.25) is 5.91 Å². The Kier molecular flexibility index (Phi) is 9.43. The maximum absolute atomic E-state index is 13.4. The van der Waals surface area contributed by atoms with E-state index in [1.807, 2.05) is 48.5 Å². The van der Waals surface area contributed by atoms with Crippen molar-refractivity contribution in [2.24, 2.45) is 0 Å². The van der Waals surface area contributed by atoms with Gasteiger partial charge in [-0.25, -0.2) is 0 Å². The van der Waals surface area contributed by atoms with Crippen LogP contribution in [-0.2, 0) is 9.59 Å². The number of amides is 3. The molecule has 0 spiro atoms. The molecule has 0 fully saturated rings. The Bertz CT molecular complexity index is 1890. The molecule has 0 saturated carbocycles. The van der Waals surface area contributed by atoms with Gasteiger partial charge in [-0.1, -0.05) is 72.8 Å². The summed E-state index contributed by atoms with van der Waals surface area (Å²) in [4.78, 5) is 50.8. The molecule has 0 bridgehead atoms. The minimum absolute atomic E-state index is 0.135. The molecule has 218 valence electrons. The highest BCUT2D eigenvalue weighted by Crippen LogP contribution is 2.26.